The van der Waals surface area contributed by atoms with Crippen LogP contribution in [0.1, 0.15) is 22.3 Å². The molecule has 0 aliphatic heterocycles. The molecule has 2 rings (SSSR count). The van der Waals surface area contributed by atoms with Gasteiger partial charge in [-0.05, 0) is 29.8 Å². The van der Waals surface area contributed by atoms with Crippen molar-refractivity contribution in [3.05, 3.63) is 21.2 Å². The van der Waals surface area contributed by atoms with E-state index in [4.69, 9.17) is 4.74 Å². The van der Waals surface area contributed by atoms with Crippen molar-refractivity contribution in [2.75, 3.05) is 6.61 Å². The Labute approximate surface area is 99.0 Å². The third-order valence-corrected chi connectivity index (χ3v) is 4.18. The van der Waals surface area contributed by atoms with E-state index in [-0.39, 0.29) is 5.97 Å². The molecule has 0 aliphatic rings. The first-order valence-electron chi connectivity index (χ1n) is 4.45. The lowest BCUT2D eigenvalue weighted by molar-refractivity contribution is 0.0531. The molecule has 0 atom stereocenters. The Balaban J connectivity index is 2.44. The molecule has 15 heavy (non-hydrogen) atoms. The summed E-state index contributed by atoms with van der Waals surface area (Å²) in [6.07, 6.45) is 1.69. The van der Waals surface area contributed by atoms with Gasteiger partial charge in [-0.1, -0.05) is 0 Å². The maximum absolute atomic E-state index is 11.4. The average molecular weight is 289 g/mol. The Morgan fingerprint density at radius 2 is 2.47 bits per heavy atom. The van der Waals surface area contributed by atoms with Gasteiger partial charge in [-0.3, -0.25) is 0 Å². The lowest BCUT2D eigenvalue weighted by Crippen LogP contribution is -2.02. The van der Waals surface area contributed by atoms with Crippen molar-refractivity contribution in [2.45, 2.75) is 13.8 Å². The standard InChI is InChI=1S/C9H9BrN2O2S/c1-3-14-9(13)6-4-12-8(15-6)7(10)5(2)11-12/h4H,3H2,1-2H3. The summed E-state index contributed by atoms with van der Waals surface area (Å²) in [5.74, 6) is -0.294. The molecule has 2 aromatic rings. The lowest BCUT2D eigenvalue weighted by atomic mass is 10.5. The summed E-state index contributed by atoms with van der Waals surface area (Å²) in [6.45, 7) is 4.09. The zero-order valence-corrected chi connectivity index (χ0v) is 10.7. The van der Waals surface area contributed by atoms with Gasteiger partial charge in [-0.15, -0.1) is 11.3 Å². The van der Waals surface area contributed by atoms with Gasteiger partial charge in [0, 0.05) is 0 Å². The zero-order chi connectivity index (χ0) is 11.0. The van der Waals surface area contributed by atoms with Crippen LogP contribution in [0.15, 0.2) is 10.7 Å². The average Bonchev–Trinajstić information content (AvgIpc) is 2.70. The van der Waals surface area contributed by atoms with Gasteiger partial charge in [-0.25, -0.2) is 9.31 Å². The summed E-state index contributed by atoms with van der Waals surface area (Å²) in [6, 6.07) is 0. The van der Waals surface area contributed by atoms with Crippen LogP contribution in [-0.2, 0) is 4.74 Å². The third-order valence-electron chi connectivity index (χ3n) is 1.89. The van der Waals surface area contributed by atoms with Crippen LogP contribution in [0.3, 0.4) is 0 Å². The number of ether oxygens (including phenoxy) is 1. The maximum atomic E-state index is 11.4. The van der Waals surface area contributed by atoms with Crippen molar-refractivity contribution in [3.63, 3.8) is 0 Å². The number of carbonyl (C=O) groups excluding carboxylic acids is 1. The van der Waals surface area contributed by atoms with Gasteiger partial charge in [0.1, 0.15) is 9.71 Å². The van der Waals surface area contributed by atoms with Gasteiger partial charge in [0.15, 0.2) is 0 Å². The third kappa shape index (κ3) is 1.79. The Morgan fingerprint density at radius 3 is 3.07 bits per heavy atom. The van der Waals surface area contributed by atoms with E-state index in [1.807, 2.05) is 6.92 Å². The molecule has 0 amide bonds. The molecule has 0 fully saturated rings. The Bertz CT molecular complexity index is 517. The highest BCUT2D eigenvalue weighted by molar-refractivity contribution is 9.10. The fourth-order valence-corrected chi connectivity index (χ4v) is 2.65. The van der Waals surface area contributed by atoms with E-state index in [9.17, 15) is 4.79 Å². The molecule has 2 aromatic heterocycles. The van der Waals surface area contributed by atoms with Crippen LogP contribution in [-0.4, -0.2) is 22.2 Å². The molecule has 0 N–H and O–H groups in total. The molecular weight excluding hydrogens is 280 g/mol. The minimum Gasteiger partial charge on any atom is -0.462 e. The first-order valence-corrected chi connectivity index (χ1v) is 6.05. The number of aryl methyl sites for hydroxylation is 1. The quantitative estimate of drug-likeness (QED) is 0.798. The van der Waals surface area contributed by atoms with E-state index < -0.39 is 0 Å². The highest BCUT2D eigenvalue weighted by Crippen LogP contribution is 2.28. The van der Waals surface area contributed by atoms with Crippen LogP contribution < -0.4 is 0 Å². The fraction of sp³-hybridized carbons (Fsp3) is 0.333. The number of rotatable bonds is 2. The number of halogens is 1. The summed E-state index contributed by atoms with van der Waals surface area (Å²) in [4.78, 5) is 12.9. The summed E-state index contributed by atoms with van der Waals surface area (Å²) in [5, 5.41) is 4.25. The van der Waals surface area contributed by atoms with Gasteiger partial charge in [0.05, 0.1) is 23.0 Å². The predicted molar refractivity (Wildman–Crippen MR) is 61.5 cm³/mol. The van der Waals surface area contributed by atoms with Crippen molar-refractivity contribution in [2.24, 2.45) is 0 Å². The smallest absolute Gasteiger partial charge is 0.349 e. The van der Waals surface area contributed by atoms with E-state index in [0.29, 0.717) is 11.5 Å². The second kappa shape index (κ2) is 3.94. The topological polar surface area (TPSA) is 43.6 Å². The van der Waals surface area contributed by atoms with Gasteiger partial charge >= 0.3 is 5.97 Å². The number of esters is 1. The maximum Gasteiger partial charge on any atom is 0.349 e. The Hall–Kier alpha value is -0.880. The highest BCUT2D eigenvalue weighted by atomic mass is 79.9. The SMILES string of the molecule is CCOC(=O)c1cn2nc(C)c(Br)c2s1. The summed E-state index contributed by atoms with van der Waals surface area (Å²) >= 11 is 4.80. The van der Waals surface area contributed by atoms with Gasteiger partial charge in [-0.2, -0.15) is 5.10 Å². The molecule has 0 spiro atoms. The number of aromatic nitrogens is 2. The van der Waals surface area contributed by atoms with Crippen LogP contribution in [0, 0.1) is 6.92 Å². The second-order valence-electron chi connectivity index (χ2n) is 2.96. The molecule has 2 heterocycles. The minimum atomic E-state index is -0.294. The van der Waals surface area contributed by atoms with Crippen molar-refractivity contribution < 1.29 is 9.53 Å². The van der Waals surface area contributed by atoms with Gasteiger partial charge in [0.2, 0.25) is 0 Å². The molecule has 0 radical (unpaired) electrons. The molecule has 0 bridgehead atoms. The number of hydrogen-bond donors (Lipinski definition) is 0. The van der Waals surface area contributed by atoms with E-state index in [1.54, 1.807) is 17.6 Å². The van der Waals surface area contributed by atoms with Gasteiger partial charge < -0.3 is 4.74 Å². The monoisotopic (exact) mass is 288 g/mol. The normalized spacial score (nSPS) is 10.9. The molecule has 0 unspecified atom stereocenters. The number of nitrogens with zero attached hydrogens (tertiary/aromatic N) is 2. The molecule has 0 aliphatic carbocycles. The largest absolute Gasteiger partial charge is 0.462 e. The molecule has 80 valence electrons. The number of thiazole rings is 1. The van der Waals surface area contributed by atoms with E-state index in [1.165, 1.54) is 11.3 Å². The molecule has 0 saturated carbocycles. The number of carbonyl (C=O) groups is 1. The summed E-state index contributed by atoms with van der Waals surface area (Å²) in [7, 11) is 0. The lowest BCUT2D eigenvalue weighted by Gasteiger charge is -1.95. The van der Waals surface area contributed by atoms with E-state index in [0.717, 1.165) is 15.0 Å². The first-order chi connectivity index (χ1) is 7.13. The van der Waals surface area contributed by atoms with Crippen LogP contribution >= 0.6 is 27.3 Å². The minimum absolute atomic E-state index is 0.294. The number of fused-ring (bicyclic) bond motifs is 1. The first kappa shape index (κ1) is 10.6. The zero-order valence-electron chi connectivity index (χ0n) is 8.28. The molecule has 4 nitrogen and oxygen atoms in total. The van der Waals surface area contributed by atoms with Crippen LogP contribution in [0.2, 0.25) is 0 Å². The predicted octanol–water partition coefficient (Wildman–Crippen LogP) is 2.64. The van der Waals surface area contributed by atoms with Crippen molar-refractivity contribution in [3.8, 4) is 0 Å². The van der Waals surface area contributed by atoms with Crippen LogP contribution in [0.4, 0.5) is 0 Å². The molecule has 0 saturated heterocycles. The van der Waals surface area contributed by atoms with Crippen LogP contribution in [0.25, 0.3) is 4.83 Å². The molecule has 0 aromatic carbocycles. The second-order valence-corrected chi connectivity index (χ2v) is 4.79. The van der Waals surface area contributed by atoms with E-state index >= 15 is 0 Å². The summed E-state index contributed by atoms with van der Waals surface area (Å²) in [5.41, 5.74) is 0.914. The van der Waals surface area contributed by atoms with Crippen molar-refractivity contribution >= 4 is 38.1 Å². The van der Waals surface area contributed by atoms with Crippen molar-refractivity contribution in [1.29, 1.82) is 0 Å². The molecular formula is C9H9BrN2O2S. The van der Waals surface area contributed by atoms with E-state index in [2.05, 4.69) is 21.0 Å². The number of hydrogen-bond acceptors (Lipinski definition) is 4. The summed E-state index contributed by atoms with van der Waals surface area (Å²) < 4.78 is 7.54. The Morgan fingerprint density at radius 1 is 1.73 bits per heavy atom. The van der Waals surface area contributed by atoms with Crippen molar-refractivity contribution in [1.82, 2.24) is 9.61 Å². The Kier molecular flexibility index (Phi) is 2.79. The van der Waals surface area contributed by atoms with Crippen LogP contribution in [0.5, 0.6) is 0 Å². The van der Waals surface area contributed by atoms with Gasteiger partial charge in [0.25, 0.3) is 0 Å². The fourth-order valence-electron chi connectivity index (χ4n) is 1.22. The molecule has 6 heteroatoms. The highest BCUT2D eigenvalue weighted by Gasteiger charge is 2.15.